The summed E-state index contributed by atoms with van der Waals surface area (Å²) in [5.41, 5.74) is -1.24. The Morgan fingerprint density at radius 2 is 2.40 bits per heavy atom. The lowest BCUT2D eigenvalue weighted by atomic mass is 10.1. The number of carbonyl (C=O) groups excluding carboxylic acids is 1. The van der Waals surface area contributed by atoms with Gasteiger partial charge in [-0.05, 0) is 18.4 Å². The number of nitrogens with one attached hydrogen (secondary N) is 1. The third-order valence-electron chi connectivity index (χ3n) is 1.92. The molecule has 15 heavy (non-hydrogen) atoms. The van der Waals surface area contributed by atoms with Crippen molar-refractivity contribution in [3.05, 3.63) is 22.4 Å². The molecule has 0 aliphatic heterocycles. The Labute approximate surface area is 92.6 Å². The largest absolute Gasteiger partial charge is 0.393 e. The molecule has 0 aliphatic carbocycles. The Morgan fingerprint density at radius 1 is 1.67 bits per heavy atom. The van der Waals surface area contributed by atoms with Crippen molar-refractivity contribution in [3.8, 4) is 0 Å². The van der Waals surface area contributed by atoms with Crippen molar-refractivity contribution in [2.75, 3.05) is 13.2 Å². The van der Waals surface area contributed by atoms with Crippen molar-refractivity contribution < 1.29 is 15.0 Å². The van der Waals surface area contributed by atoms with Crippen LogP contribution in [0.25, 0.3) is 0 Å². The first-order valence-electron chi connectivity index (χ1n) is 4.66. The summed E-state index contributed by atoms with van der Waals surface area (Å²) in [6.07, 6.45) is 0.319. The minimum absolute atomic E-state index is 0.0632. The summed E-state index contributed by atoms with van der Waals surface area (Å²) in [5, 5.41) is 22.7. The summed E-state index contributed by atoms with van der Waals surface area (Å²) in [4.78, 5) is 12.4. The van der Waals surface area contributed by atoms with Crippen molar-refractivity contribution in [2.45, 2.75) is 18.9 Å². The number of hydrogen-bond donors (Lipinski definition) is 3. The molecular weight excluding hydrogens is 214 g/mol. The van der Waals surface area contributed by atoms with Crippen LogP contribution in [0.2, 0.25) is 0 Å². The smallest absolute Gasteiger partial charge is 0.225 e. The summed E-state index contributed by atoms with van der Waals surface area (Å²) in [6.45, 7) is 1.17. The van der Waals surface area contributed by atoms with E-state index in [1.807, 2.05) is 17.5 Å². The molecule has 1 amide bonds. The normalized spacial score (nSPS) is 14.6. The van der Waals surface area contributed by atoms with Crippen molar-refractivity contribution >= 4 is 17.2 Å². The molecule has 0 saturated carbocycles. The van der Waals surface area contributed by atoms with Gasteiger partial charge in [-0.3, -0.25) is 4.79 Å². The van der Waals surface area contributed by atoms with Gasteiger partial charge in [0.2, 0.25) is 5.91 Å². The fraction of sp³-hybridized carbons (Fsp3) is 0.500. The fourth-order valence-corrected chi connectivity index (χ4v) is 1.68. The van der Waals surface area contributed by atoms with Gasteiger partial charge in [0, 0.05) is 11.4 Å². The Morgan fingerprint density at radius 3 is 2.93 bits per heavy atom. The highest BCUT2D eigenvalue weighted by molar-refractivity contribution is 7.10. The predicted octanol–water partition coefficient (Wildman–Crippen LogP) is 0.150. The quantitative estimate of drug-likeness (QED) is 0.673. The van der Waals surface area contributed by atoms with Gasteiger partial charge < -0.3 is 15.5 Å². The number of amides is 1. The highest BCUT2D eigenvalue weighted by atomic mass is 32.1. The second-order valence-electron chi connectivity index (χ2n) is 3.69. The lowest BCUT2D eigenvalue weighted by molar-refractivity contribution is -0.121. The van der Waals surface area contributed by atoms with Crippen LogP contribution in [0.1, 0.15) is 11.8 Å². The lowest BCUT2D eigenvalue weighted by Crippen LogP contribution is -2.43. The molecule has 0 fully saturated rings. The molecule has 1 aromatic rings. The van der Waals surface area contributed by atoms with E-state index in [0.717, 1.165) is 4.88 Å². The van der Waals surface area contributed by atoms with Crippen molar-refractivity contribution in [2.24, 2.45) is 0 Å². The van der Waals surface area contributed by atoms with Crippen LogP contribution in [-0.2, 0) is 11.2 Å². The molecule has 0 radical (unpaired) electrons. The number of rotatable bonds is 5. The van der Waals surface area contributed by atoms with Crippen LogP contribution in [0.15, 0.2) is 17.5 Å². The maximum Gasteiger partial charge on any atom is 0.225 e. The first-order chi connectivity index (χ1) is 7.03. The fourth-order valence-electron chi connectivity index (χ4n) is 0.979. The SMILES string of the molecule is CC(O)(CO)CNC(=O)Cc1cccs1. The molecule has 1 heterocycles. The zero-order valence-electron chi connectivity index (χ0n) is 8.56. The molecule has 0 aromatic carbocycles. The zero-order chi connectivity index (χ0) is 11.3. The van der Waals surface area contributed by atoms with Crippen LogP contribution in [-0.4, -0.2) is 34.9 Å². The van der Waals surface area contributed by atoms with E-state index in [-0.39, 0.29) is 19.1 Å². The summed E-state index contributed by atoms with van der Waals surface area (Å²) in [5.74, 6) is -0.147. The van der Waals surface area contributed by atoms with E-state index < -0.39 is 5.60 Å². The average Bonchev–Trinajstić information content (AvgIpc) is 2.68. The number of aliphatic hydroxyl groups is 2. The molecule has 0 spiro atoms. The van der Waals surface area contributed by atoms with Crippen molar-refractivity contribution in [1.82, 2.24) is 5.32 Å². The molecule has 3 N–H and O–H groups in total. The van der Waals surface area contributed by atoms with E-state index in [1.54, 1.807) is 0 Å². The van der Waals surface area contributed by atoms with Gasteiger partial charge in [0.15, 0.2) is 0 Å². The molecule has 1 aromatic heterocycles. The molecular formula is C10H15NO3S. The predicted molar refractivity (Wildman–Crippen MR) is 58.7 cm³/mol. The second-order valence-corrected chi connectivity index (χ2v) is 4.72. The maximum absolute atomic E-state index is 11.4. The van der Waals surface area contributed by atoms with Crippen LogP contribution < -0.4 is 5.32 Å². The third-order valence-corrected chi connectivity index (χ3v) is 2.80. The summed E-state index contributed by atoms with van der Waals surface area (Å²) >= 11 is 1.52. The first kappa shape index (κ1) is 12.2. The summed E-state index contributed by atoms with van der Waals surface area (Å²) in [6, 6.07) is 3.77. The van der Waals surface area contributed by atoms with Crippen LogP contribution in [0.5, 0.6) is 0 Å². The van der Waals surface area contributed by atoms with E-state index in [9.17, 15) is 9.90 Å². The number of carbonyl (C=O) groups is 1. The number of aliphatic hydroxyl groups excluding tert-OH is 1. The van der Waals surface area contributed by atoms with Gasteiger partial charge in [-0.25, -0.2) is 0 Å². The van der Waals surface area contributed by atoms with Gasteiger partial charge in [0.25, 0.3) is 0 Å². The van der Waals surface area contributed by atoms with Gasteiger partial charge in [0.05, 0.1) is 13.0 Å². The topological polar surface area (TPSA) is 69.6 Å². The first-order valence-corrected chi connectivity index (χ1v) is 5.54. The average molecular weight is 229 g/mol. The van der Waals surface area contributed by atoms with Crippen molar-refractivity contribution in [1.29, 1.82) is 0 Å². The molecule has 1 unspecified atom stereocenters. The lowest BCUT2D eigenvalue weighted by Gasteiger charge is -2.20. The van der Waals surface area contributed by atoms with Gasteiger partial charge in [0.1, 0.15) is 5.60 Å². The Balaban J connectivity index is 2.31. The van der Waals surface area contributed by atoms with E-state index in [4.69, 9.17) is 5.11 Å². The Bertz CT molecular complexity index is 308. The highest BCUT2D eigenvalue weighted by Gasteiger charge is 2.19. The van der Waals surface area contributed by atoms with E-state index >= 15 is 0 Å². The second kappa shape index (κ2) is 5.25. The van der Waals surface area contributed by atoms with E-state index in [1.165, 1.54) is 18.3 Å². The van der Waals surface area contributed by atoms with Gasteiger partial charge in [-0.1, -0.05) is 6.07 Å². The Hall–Kier alpha value is -0.910. The molecule has 4 nitrogen and oxygen atoms in total. The molecule has 84 valence electrons. The number of thiophene rings is 1. The molecule has 5 heteroatoms. The third kappa shape index (κ3) is 4.42. The van der Waals surface area contributed by atoms with Gasteiger partial charge in [-0.15, -0.1) is 11.3 Å². The molecule has 0 saturated heterocycles. The van der Waals surface area contributed by atoms with Crippen LogP contribution in [0.3, 0.4) is 0 Å². The molecule has 1 atom stereocenters. The standard InChI is InChI=1S/C10H15NO3S/c1-10(14,7-12)6-11-9(13)5-8-3-2-4-15-8/h2-4,12,14H,5-7H2,1H3,(H,11,13). The minimum atomic E-state index is -1.24. The minimum Gasteiger partial charge on any atom is -0.393 e. The summed E-state index contributed by atoms with van der Waals surface area (Å²) < 4.78 is 0. The molecule has 1 rings (SSSR count). The van der Waals surface area contributed by atoms with E-state index in [0.29, 0.717) is 6.42 Å². The van der Waals surface area contributed by atoms with Gasteiger partial charge in [-0.2, -0.15) is 0 Å². The number of hydrogen-bond acceptors (Lipinski definition) is 4. The maximum atomic E-state index is 11.4. The van der Waals surface area contributed by atoms with Crippen molar-refractivity contribution in [3.63, 3.8) is 0 Å². The molecule has 0 aliphatic rings. The monoisotopic (exact) mass is 229 g/mol. The summed E-state index contributed by atoms with van der Waals surface area (Å²) in [7, 11) is 0. The van der Waals surface area contributed by atoms with Crippen LogP contribution in [0.4, 0.5) is 0 Å². The van der Waals surface area contributed by atoms with E-state index in [2.05, 4.69) is 5.32 Å². The highest BCUT2D eigenvalue weighted by Crippen LogP contribution is 2.09. The van der Waals surface area contributed by atoms with Gasteiger partial charge >= 0.3 is 0 Å². The molecule has 0 bridgehead atoms. The zero-order valence-corrected chi connectivity index (χ0v) is 9.38. The van der Waals surface area contributed by atoms with Crippen LogP contribution in [0, 0.1) is 0 Å². The Kier molecular flexibility index (Phi) is 4.26. The van der Waals surface area contributed by atoms with Crippen LogP contribution >= 0.6 is 11.3 Å².